The zero-order chi connectivity index (χ0) is 13.8. The van der Waals surface area contributed by atoms with Crippen LogP contribution in [-0.4, -0.2) is 23.8 Å². The van der Waals surface area contributed by atoms with Gasteiger partial charge >= 0.3 is 5.97 Å². The summed E-state index contributed by atoms with van der Waals surface area (Å²) in [5.41, 5.74) is 5.95. The van der Waals surface area contributed by atoms with Gasteiger partial charge in [0, 0.05) is 0 Å². The molecule has 3 N–H and O–H groups in total. The summed E-state index contributed by atoms with van der Waals surface area (Å²) in [6.07, 6.45) is -0.133. The summed E-state index contributed by atoms with van der Waals surface area (Å²) in [5, 5.41) is 2.35. The molecule has 2 rings (SSSR count). The third-order valence-corrected chi connectivity index (χ3v) is 2.97. The molecule has 0 aromatic heterocycles. The molecule has 1 aliphatic heterocycles. The number of benzene rings is 1. The van der Waals surface area contributed by atoms with E-state index in [-0.39, 0.29) is 18.9 Å². The second kappa shape index (κ2) is 5.51. The van der Waals surface area contributed by atoms with E-state index in [4.69, 9.17) is 10.5 Å². The number of carbonyl (C=O) groups excluding carboxylic acids is 3. The van der Waals surface area contributed by atoms with Crippen molar-refractivity contribution in [1.29, 1.82) is 0 Å². The lowest BCUT2D eigenvalue weighted by Crippen LogP contribution is -2.64. The van der Waals surface area contributed by atoms with Gasteiger partial charge in [0.1, 0.15) is 12.6 Å². The zero-order valence-electron chi connectivity index (χ0n) is 10.2. The predicted molar refractivity (Wildman–Crippen MR) is 65.5 cm³/mol. The summed E-state index contributed by atoms with van der Waals surface area (Å²) in [4.78, 5) is 33.8. The molecule has 1 heterocycles. The van der Waals surface area contributed by atoms with Gasteiger partial charge < -0.3 is 15.8 Å². The minimum absolute atomic E-state index is 0.133. The average Bonchev–Trinajstić information content (AvgIpc) is 2.40. The fraction of sp³-hybridized carbons (Fsp3) is 0.308. The molecule has 1 fully saturated rings. The van der Waals surface area contributed by atoms with Crippen molar-refractivity contribution in [2.24, 2.45) is 11.7 Å². The van der Waals surface area contributed by atoms with E-state index in [9.17, 15) is 14.4 Å². The molecule has 1 saturated heterocycles. The highest BCUT2D eigenvalue weighted by atomic mass is 16.5. The Kier molecular flexibility index (Phi) is 3.79. The maximum Gasteiger partial charge on any atom is 0.307 e. The molecule has 0 saturated carbocycles. The van der Waals surface area contributed by atoms with Gasteiger partial charge in [-0.2, -0.15) is 0 Å². The number of nitrogens with two attached hydrogens (primary N) is 1. The van der Waals surface area contributed by atoms with Gasteiger partial charge in [0.2, 0.25) is 11.8 Å². The van der Waals surface area contributed by atoms with Gasteiger partial charge in [0.05, 0.1) is 12.3 Å². The molecule has 6 heteroatoms. The Morgan fingerprint density at radius 3 is 2.53 bits per heavy atom. The van der Waals surface area contributed by atoms with E-state index in [0.717, 1.165) is 5.56 Å². The minimum atomic E-state index is -0.767. The molecule has 0 radical (unpaired) electrons. The van der Waals surface area contributed by atoms with Crippen LogP contribution in [0, 0.1) is 5.92 Å². The van der Waals surface area contributed by atoms with Crippen molar-refractivity contribution in [3.8, 4) is 0 Å². The first-order valence-electron chi connectivity index (χ1n) is 5.87. The van der Waals surface area contributed by atoms with Crippen LogP contribution in [0.4, 0.5) is 0 Å². The molecule has 1 aliphatic rings. The predicted octanol–water partition coefficient (Wildman–Crippen LogP) is -0.280. The molecular formula is C13H14N2O4. The SMILES string of the molecule is NC(=O)[C@H]1NC(=O)[C@@H]1CC(=O)OCc1ccccc1. The molecule has 2 atom stereocenters. The first kappa shape index (κ1) is 13.1. The van der Waals surface area contributed by atoms with Crippen LogP contribution in [-0.2, 0) is 25.7 Å². The Morgan fingerprint density at radius 1 is 1.26 bits per heavy atom. The van der Waals surface area contributed by atoms with Crippen molar-refractivity contribution in [1.82, 2.24) is 5.32 Å². The number of ether oxygens (including phenoxy) is 1. The highest BCUT2D eigenvalue weighted by molar-refractivity contribution is 6.00. The van der Waals surface area contributed by atoms with Gasteiger partial charge in [-0.3, -0.25) is 14.4 Å². The van der Waals surface area contributed by atoms with Crippen LogP contribution in [0.3, 0.4) is 0 Å². The number of carbonyl (C=O) groups is 3. The summed E-state index contributed by atoms with van der Waals surface area (Å²) >= 11 is 0. The number of hydrogen-bond acceptors (Lipinski definition) is 4. The highest BCUT2D eigenvalue weighted by Gasteiger charge is 2.44. The highest BCUT2D eigenvalue weighted by Crippen LogP contribution is 2.19. The normalized spacial score (nSPS) is 21.2. The van der Waals surface area contributed by atoms with Gasteiger partial charge in [0.15, 0.2) is 0 Å². The number of amides is 2. The first-order chi connectivity index (χ1) is 9.08. The lowest BCUT2D eigenvalue weighted by molar-refractivity contribution is -0.153. The molecule has 0 unspecified atom stereocenters. The van der Waals surface area contributed by atoms with Gasteiger partial charge in [-0.05, 0) is 5.56 Å². The summed E-state index contributed by atoms with van der Waals surface area (Å²) in [7, 11) is 0. The molecular weight excluding hydrogens is 248 g/mol. The van der Waals surface area contributed by atoms with Crippen LogP contribution in [0.2, 0.25) is 0 Å². The molecule has 100 valence electrons. The maximum absolute atomic E-state index is 11.6. The lowest BCUT2D eigenvalue weighted by Gasteiger charge is -2.33. The third-order valence-electron chi connectivity index (χ3n) is 2.97. The summed E-state index contributed by atoms with van der Waals surface area (Å²) in [5.74, 6) is -2.21. The minimum Gasteiger partial charge on any atom is -0.461 e. The van der Waals surface area contributed by atoms with Crippen LogP contribution in [0.5, 0.6) is 0 Å². The van der Waals surface area contributed by atoms with E-state index in [1.165, 1.54) is 0 Å². The van der Waals surface area contributed by atoms with E-state index < -0.39 is 23.8 Å². The average molecular weight is 262 g/mol. The van der Waals surface area contributed by atoms with Crippen molar-refractivity contribution in [3.63, 3.8) is 0 Å². The number of β-lactam (4-membered cyclic amide) rings is 1. The Labute approximate surface area is 109 Å². The van der Waals surface area contributed by atoms with E-state index in [2.05, 4.69) is 5.32 Å². The molecule has 0 spiro atoms. The van der Waals surface area contributed by atoms with Gasteiger partial charge in [-0.1, -0.05) is 30.3 Å². The molecule has 19 heavy (non-hydrogen) atoms. The number of esters is 1. The standard InChI is InChI=1S/C13H14N2O4/c14-12(17)11-9(13(18)15-11)6-10(16)19-7-8-4-2-1-3-5-8/h1-5,9,11H,6-7H2,(H2,14,17)(H,15,18)/t9-,11+/m1/s1. The monoisotopic (exact) mass is 262 g/mol. The van der Waals surface area contributed by atoms with Crippen molar-refractivity contribution < 1.29 is 19.1 Å². The molecule has 1 aromatic carbocycles. The second-order valence-electron chi connectivity index (χ2n) is 4.35. The van der Waals surface area contributed by atoms with Crippen LogP contribution >= 0.6 is 0 Å². The maximum atomic E-state index is 11.6. The van der Waals surface area contributed by atoms with Gasteiger partial charge in [-0.25, -0.2) is 0 Å². The fourth-order valence-corrected chi connectivity index (χ4v) is 1.87. The van der Waals surface area contributed by atoms with E-state index in [1.807, 2.05) is 30.3 Å². The van der Waals surface area contributed by atoms with Gasteiger partial charge in [-0.15, -0.1) is 0 Å². The Morgan fingerprint density at radius 2 is 1.95 bits per heavy atom. The number of hydrogen-bond donors (Lipinski definition) is 2. The van der Waals surface area contributed by atoms with Gasteiger partial charge in [0.25, 0.3) is 0 Å². The van der Waals surface area contributed by atoms with Crippen molar-refractivity contribution in [3.05, 3.63) is 35.9 Å². The van der Waals surface area contributed by atoms with Crippen LogP contribution in [0.1, 0.15) is 12.0 Å². The topological polar surface area (TPSA) is 98.5 Å². The summed E-state index contributed by atoms with van der Waals surface area (Å²) in [6, 6.07) is 8.43. The Balaban J connectivity index is 1.81. The Hall–Kier alpha value is -2.37. The fourth-order valence-electron chi connectivity index (χ4n) is 1.87. The van der Waals surface area contributed by atoms with Crippen LogP contribution in [0.25, 0.3) is 0 Å². The number of rotatable bonds is 5. The van der Waals surface area contributed by atoms with E-state index >= 15 is 0 Å². The molecule has 0 bridgehead atoms. The second-order valence-corrected chi connectivity index (χ2v) is 4.35. The molecule has 6 nitrogen and oxygen atoms in total. The van der Waals surface area contributed by atoms with E-state index in [1.54, 1.807) is 0 Å². The third kappa shape index (κ3) is 3.09. The summed E-state index contributed by atoms with van der Waals surface area (Å²) in [6.45, 7) is 0.148. The summed E-state index contributed by atoms with van der Waals surface area (Å²) < 4.78 is 5.04. The van der Waals surface area contributed by atoms with Crippen molar-refractivity contribution in [2.75, 3.05) is 0 Å². The Bertz CT molecular complexity index is 501. The molecule has 2 amide bonds. The lowest BCUT2D eigenvalue weighted by atomic mass is 9.87. The smallest absolute Gasteiger partial charge is 0.307 e. The number of nitrogens with one attached hydrogen (secondary N) is 1. The number of primary amides is 1. The van der Waals surface area contributed by atoms with Crippen molar-refractivity contribution >= 4 is 17.8 Å². The van der Waals surface area contributed by atoms with E-state index in [0.29, 0.717) is 0 Å². The molecule has 0 aliphatic carbocycles. The first-order valence-corrected chi connectivity index (χ1v) is 5.87. The zero-order valence-corrected chi connectivity index (χ0v) is 10.2. The van der Waals surface area contributed by atoms with Crippen LogP contribution < -0.4 is 11.1 Å². The molecule has 1 aromatic rings. The van der Waals surface area contributed by atoms with Crippen LogP contribution in [0.15, 0.2) is 30.3 Å². The largest absolute Gasteiger partial charge is 0.461 e. The van der Waals surface area contributed by atoms with Crippen molar-refractivity contribution in [2.45, 2.75) is 19.1 Å². The quantitative estimate of drug-likeness (QED) is 0.563.